The number of hydrogen-bond acceptors (Lipinski definition) is 6. The number of carboxylic acid groups (broad SMARTS) is 1. The van der Waals surface area contributed by atoms with Crippen molar-refractivity contribution in [1.82, 2.24) is 15.1 Å². The number of nitrogens with two attached hydrogens (primary N) is 1. The number of hydrogen-bond donors (Lipinski definition) is 4. The van der Waals surface area contributed by atoms with E-state index in [4.69, 9.17) is 5.73 Å². The van der Waals surface area contributed by atoms with Gasteiger partial charge in [0.25, 0.3) is 0 Å². The molecule has 0 aromatic heterocycles. The Morgan fingerprint density at radius 3 is 2.13 bits per heavy atom. The number of likely N-dealkylation sites (tertiary alicyclic amines) is 2. The van der Waals surface area contributed by atoms with Crippen molar-refractivity contribution in [2.75, 3.05) is 13.1 Å². The number of aliphatic carboxylic acids is 1. The van der Waals surface area contributed by atoms with E-state index in [1.165, 1.54) is 16.7 Å². The number of amides is 3. The molecule has 2 rings (SSSR count). The number of carbonyl (C=O) groups is 4. The lowest BCUT2D eigenvalue weighted by Gasteiger charge is -2.32. The van der Waals surface area contributed by atoms with Crippen molar-refractivity contribution in [2.24, 2.45) is 11.7 Å². The molecule has 0 bridgehead atoms. The van der Waals surface area contributed by atoms with Crippen LogP contribution in [0.25, 0.3) is 0 Å². The lowest BCUT2D eigenvalue weighted by molar-refractivity contribution is -0.149. The summed E-state index contributed by atoms with van der Waals surface area (Å²) < 4.78 is 0. The summed E-state index contributed by atoms with van der Waals surface area (Å²) in [7, 11) is 0. The van der Waals surface area contributed by atoms with Gasteiger partial charge in [0.2, 0.25) is 17.7 Å². The number of aliphatic hydroxyl groups excluding tert-OH is 1. The quantitative estimate of drug-likeness (QED) is 0.400. The monoisotopic (exact) mass is 426 g/mol. The van der Waals surface area contributed by atoms with Crippen LogP contribution in [0.15, 0.2) is 0 Å². The van der Waals surface area contributed by atoms with Crippen LogP contribution in [0, 0.1) is 5.92 Å². The Balaban J connectivity index is 2.09. The molecule has 30 heavy (non-hydrogen) atoms. The second-order valence-corrected chi connectivity index (χ2v) is 8.68. The molecule has 2 heterocycles. The zero-order valence-electron chi connectivity index (χ0n) is 17.9. The van der Waals surface area contributed by atoms with Crippen LogP contribution >= 0.6 is 0 Å². The van der Waals surface area contributed by atoms with Gasteiger partial charge in [0, 0.05) is 13.1 Å². The Kier molecular flexibility index (Phi) is 8.19. The highest BCUT2D eigenvalue weighted by atomic mass is 16.4. The zero-order chi connectivity index (χ0) is 22.6. The highest BCUT2D eigenvalue weighted by Gasteiger charge is 2.43. The summed E-state index contributed by atoms with van der Waals surface area (Å²) in [5.74, 6) is -2.26. The number of rotatable bonds is 8. The molecule has 0 unspecified atom stereocenters. The van der Waals surface area contributed by atoms with E-state index < -0.39 is 42.1 Å². The minimum absolute atomic E-state index is 0.250. The largest absolute Gasteiger partial charge is 0.480 e. The first-order valence-corrected chi connectivity index (χ1v) is 10.6. The molecule has 2 fully saturated rings. The molecule has 3 amide bonds. The van der Waals surface area contributed by atoms with Crippen LogP contribution in [0.5, 0.6) is 0 Å². The summed E-state index contributed by atoms with van der Waals surface area (Å²) in [6, 6.07) is -3.59. The van der Waals surface area contributed by atoms with Crippen LogP contribution < -0.4 is 11.1 Å². The van der Waals surface area contributed by atoms with Gasteiger partial charge in [-0.25, -0.2) is 4.79 Å². The van der Waals surface area contributed by atoms with Crippen LogP contribution in [0.2, 0.25) is 0 Å². The first kappa shape index (κ1) is 24.1. The number of nitrogens with one attached hydrogen (secondary N) is 1. The van der Waals surface area contributed by atoms with E-state index in [1.54, 1.807) is 0 Å². The van der Waals surface area contributed by atoms with E-state index in [0.29, 0.717) is 45.2 Å². The fraction of sp³-hybridized carbons (Fsp3) is 0.800. The lowest BCUT2D eigenvalue weighted by Crippen LogP contribution is -2.57. The molecule has 10 nitrogen and oxygen atoms in total. The Bertz CT molecular complexity index is 668. The minimum atomic E-state index is -1.45. The first-order chi connectivity index (χ1) is 14.0. The minimum Gasteiger partial charge on any atom is -0.480 e. The number of carbonyl (C=O) groups excluding carboxylic acids is 3. The molecule has 0 radical (unpaired) electrons. The fourth-order valence-electron chi connectivity index (χ4n) is 4.24. The van der Waals surface area contributed by atoms with Crippen LogP contribution in [0.4, 0.5) is 0 Å². The van der Waals surface area contributed by atoms with E-state index in [-0.39, 0.29) is 17.7 Å². The van der Waals surface area contributed by atoms with Crippen molar-refractivity contribution in [1.29, 1.82) is 0 Å². The summed E-state index contributed by atoms with van der Waals surface area (Å²) in [5.41, 5.74) is 6.04. The predicted molar refractivity (Wildman–Crippen MR) is 108 cm³/mol. The molecular weight excluding hydrogens is 392 g/mol. The van der Waals surface area contributed by atoms with Gasteiger partial charge in [0.1, 0.15) is 12.1 Å². The Morgan fingerprint density at radius 1 is 1.03 bits per heavy atom. The third kappa shape index (κ3) is 5.48. The summed E-state index contributed by atoms with van der Waals surface area (Å²) in [4.78, 5) is 52.9. The van der Waals surface area contributed by atoms with Gasteiger partial charge in [-0.05, 0) is 44.9 Å². The van der Waals surface area contributed by atoms with Crippen molar-refractivity contribution < 1.29 is 29.4 Å². The molecule has 5 N–H and O–H groups in total. The average Bonchev–Trinajstić information content (AvgIpc) is 3.32. The van der Waals surface area contributed by atoms with E-state index >= 15 is 0 Å². The zero-order valence-corrected chi connectivity index (χ0v) is 17.9. The Morgan fingerprint density at radius 2 is 1.60 bits per heavy atom. The summed E-state index contributed by atoms with van der Waals surface area (Å²) in [5, 5.41) is 21.1. The maximum absolute atomic E-state index is 13.2. The van der Waals surface area contributed by atoms with Gasteiger partial charge in [-0.2, -0.15) is 0 Å². The highest BCUT2D eigenvalue weighted by molar-refractivity contribution is 5.94. The average molecular weight is 427 g/mol. The summed E-state index contributed by atoms with van der Waals surface area (Å²) in [6.45, 7) is 6.05. The molecule has 2 saturated heterocycles. The molecule has 10 heteroatoms. The normalized spacial score (nSPS) is 24.6. The van der Waals surface area contributed by atoms with Gasteiger partial charge in [-0.3, -0.25) is 14.4 Å². The van der Waals surface area contributed by atoms with Gasteiger partial charge in [-0.15, -0.1) is 0 Å². The molecule has 5 atom stereocenters. The number of carboxylic acids is 1. The van der Waals surface area contributed by atoms with Gasteiger partial charge in [-0.1, -0.05) is 13.8 Å². The molecular formula is C20H34N4O6. The van der Waals surface area contributed by atoms with Gasteiger partial charge in [0.05, 0.1) is 12.1 Å². The second kappa shape index (κ2) is 10.2. The Labute approximate surface area is 176 Å². The third-order valence-electron chi connectivity index (χ3n) is 5.75. The predicted octanol–water partition coefficient (Wildman–Crippen LogP) is -0.708. The van der Waals surface area contributed by atoms with E-state index in [2.05, 4.69) is 5.32 Å². The van der Waals surface area contributed by atoms with E-state index in [1.807, 2.05) is 13.8 Å². The van der Waals surface area contributed by atoms with Gasteiger partial charge in [0.15, 0.2) is 6.04 Å². The van der Waals surface area contributed by atoms with Crippen LogP contribution in [-0.4, -0.2) is 87.1 Å². The molecule has 0 aromatic rings. The number of aliphatic hydroxyl groups is 1. The van der Waals surface area contributed by atoms with Gasteiger partial charge >= 0.3 is 5.97 Å². The SMILES string of the molecule is CC(C)C[C@H](N)C(=O)N1CCC[C@H]1C(=O)N1CCC[C@H]1C(=O)N[C@H](C(=O)O)[C@@H](C)O. The molecule has 2 aliphatic rings. The summed E-state index contributed by atoms with van der Waals surface area (Å²) >= 11 is 0. The van der Waals surface area contributed by atoms with Crippen LogP contribution in [0.3, 0.4) is 0 Å². The molecule has 0 aromatic carbocycles. The van der Waals surface area contributed by atoms with E-state index in [9.17, 15) is 29.4 Å². The third-order valence-corrected chi connectivity index (χ3v) is 5.75. The van der Waals surface area contributed by atoms with Crippen molar-refractivity contribution in [3.05, 3.63) is 0 Å². The van der Waals surface area contributed by atoms with Gasteiger partial charge < -0.3 is 31.1 Å². The number of nitrogens with zero attached hydrogens (tertiary/aromatic N) is 2. The van der Waals surface area contributed by atoms with Crippen LogP contribution in [0.1, 0.15) is 52.9 Å². The van der Waals surface area contributed by atoms with Crippen molar-refractivity contribution in [3.8, 4) is 0 Å². The summed E-state index contributed by atoms with van der Waals surface area (Å²) in [6.07, 6.45) is 1.45. The topological polar surface area (TPSA) is 153 Å². The maximum Gasteiger partial charge on any atom is 0.328 e. The lowest BCUT2D eigenvalue weighted by atomic mass is 10.0. The standard InChI is InChI=1S/C20H34N4O6/c1-11(2)10-13(21)18(27)24-9-5-7-15(24)19(28)23-8-4-6-14(23)17(26)22-16(12(3)25)20(29)30/h11-16,25H,4-10,21H2,1-3H3,(H,22,26)(H,29,30)/t12-,13+,14+,15+,16+/m1/s1. The highest BCUT2D eigenvalue weighted by Crippen LogP contribution is 2.26. The van der Waals surface area contributed by atoms with Crippen molar-refractivity contribution in [2.45, 2.75) is 83.1 Å². The molecule has 0 aliphatic carbocycles. The second-order valence-electron chi connectivity index (χ2n) is 8.68. The molecule has 2 aliphatic heterocycles. The van der Waals surface area contributed by atoms with Crippen molar-refractivity contribution in [3.63, 3.8) is 0 Å². The first-order valence-electron chi connectivity index (χ1n) is 10.6. The smallest absolute Gasteiger partial charge is 0.328 e. The fourth-order valence-corrected chi connectivity index (χ4v) is 4.24. The van der Waals surface area contributed by atoms with Crippen LogP contribution in [-0.2, 0) is 19.2 Å². The maximum atomic E-state index is 13.2. The Hall–Kier alpha value is -2.20. The molecule has 170 valence electrons. The van der Waals surface area contributed by atoms with Crippen molar-refractivity contribution >= 4 is 23.7 Å². The van der Waals surface area contributed by atoms with E-state index in [0.717, 1.165) is 0 Å². The molecule has 0 saturated carbocycles. The molecule has 0 spiro atoms.